The maximum Gasteiger partial charge on any atom is 0.320 e. The summed E-state index contributed by atoms with van der Waals surface area (Å²) in [5.41, 5.74) is 0. The molecule has 1 aromatic heterocycles. The largest absolute Gasteiger partial charge is 0.480 e. The number of aromatic nitrogens is 2. The fraction of sp³-hybridized carbons (Fsp3) is 0.333. The Morgan fingerprint density at radius 3 is 2.79 bits per heavy atom. The van der Waals surface area contributed by atoms with E-state index in [0.717, 1.165) is 0 Å². The van der Waals surface area contributed by atoms with E-state index < -0.39 is 21.7 Å². The highest BCUT2D eigenvalue weighted by atomic mass is 32.2. The average molecular weight is 219 g/mol. The normalized spacial score (nSPS) is 11.2. The Bertz CT molecular complexity index is 436. The molecule has 0 aromatic carbocycles. The van der Waals surface area contributed by atoms with Crippen molar-refractivity contribution in [2.45, 2.75) is 0 Å². The number of carboxylic acid groups (broad SMARTS) is 1. The molecule has 8 heteroatoms. The molecule has 2 N–H and O–H groups in total. The van der Waals surface area contributed by atoms with Crippen LogP contribution >= 0.6 is 0 Å². The second-order valence-electron chi connectivity index (χ2n) is 2.63. The number of rotatable bonds is 4. The van der Waals surface area contributed by atoms with Gasteiger partial charge in [0.25, 0.3) is 0 Å². The summed E-state index contributed by atoms with van der Waals surface area (Å²) < 4.78 is 25.6. The summed E-state index contributed by atoms with van der Waals surface area (Å²) in [6, 6.07) is 1.43. The van der Waals surface area contributed by atoms with E-state index in [1.807, 2.05) is 4.72 Å². The van der Waals surface area contributed by atoms with E-state index in [2.05, 4.69) is 5.10 Å². The summed E-state index contributed by atoms with van der Waals surface area (Å²) in [5, 5.41) is 12.0. The van der Waals surface area contributed by atoms with Crippen LogP contribution in [0.3, 0.4) is 0 Å². The molecule has 0 saturated heterocycles. The van der Waals surface area contributed by atoms with Crippen molar-refractivity contribution in [2.24, 2.45) is 7.05 Å². The molecule has 0 unspecified atom stereocenters. The maximum absolute atomic E-state index is 11.1. The van der Waals surface area contributed by atoms with Gasteiger partial charge in [0.15, 0.2) is 11.6 Å². The molecule has 0 fully saturated rings. The van der Waals surface area contributed by atoms with Gasteiger partial charge in [-0.3, -0.25) is 14.2 Å². The predicted molar refractivity (Wildman–Crippen MR) is 48.3 cm³/mol. The van der Waals surface area contributed by atoms with Crippen LogP contribution in [0.2, 0.25) is 0 Å². The van der Waals surface area contributed by atoms with Crippen LogP contribution < -0.4 is 4.72 Å². The lowest BCUT2D eigenvalue weighted by atomic mass is 10.7. The molecular formula is C6H9N3O4S. The minimum absolute atomic E-state index is 0.105. The molecule has 0 radical (unpaired) electrons. The highest BCUT2D eigenvalue weighted by molar-refractivity contribution is 7.93. The monoisotopic (exact) mass is 219 g/mol. The molecule has 78 valence electrons. The Morgan fingerprint density at radius 1 is 1.71 bits per heavy atom. The predicted octanol–water partition coefficient (Wildman–Crippen LogP) is -0.754. The number of sulfonamides is 1. The van der Waals surface area contributed by atoms with E-state index in [9.17, 15) is 13.2 Å². The van der Waals surface area contributed by atoms with Crippen molar-refractivity contribution in [1.29, 1.82) is 0 Å². The van der Waals surface area contributed by atoms with Crippen molar-refractivity contribution in [3.8, 4) is 0 Å². The number of hydrogen-bond acceptors (Lipinski definition) is 4. The Balaban J connectivity index is 2.73. The molecule has 0 aliphatic carbocycles. The summed E-state index contributed by atoms with van der Waals surface area (Å²) in [7, 11) is -2.23. The molecule has 0 spiro atoms. The summed E-state index contributed by atoms with van der Waals surface area (Å²) in [4.78, 5) is 10.2. The van der Waals surface area contributed by atoms with Gasteiger partial charge in [0, 0.05) is 19.3 Å². The van der Waals surface area contributed by atoms with E-state index in [1.54, 1.807) is 13.2 Å². The number of nitrogens with zero attached hydrogens (tertiary/aromatic N) is 2. The molecule has 0 saturated carbocycles. The van der Waals surface area contributed by atoms with Crippen LogP contribution in [0.25, 0.3) is 0 Å². The maximum atomic E-state index is 11.1. The molecule has 0 atom stereocenters. The standard InChI is InChI=1S/C6H9N3O4S/c1-9-3-2-5(7-9)8-14(12,13)4-6(10)11/h2-3H,4H2,1H3,(H,7,8)(H,10,11). The number of nitrogens with one attached hydrogen (secondary N) is 1. The first-order valence-corrected chi connectivity index (χ1v) is 5.26. The van der Waals surface area contributed by atoms with Crippen molar-refractivity contribution in [2.75, 3.05) is 10.5 Å². The van der Waals surface area contributed by atoms with Gasteiger partial charge >= 0.3 is 5.97 Å². The first kappa shape index (κ1) is 10.5. The molecule has 14 heavy (non-hydrogen) atoms. The number of carbonyl (C=O) groups is 1. The van der Waals surface area contributed by atoms with Crippen LogP contribution in [0.5, 0.6) is 0 Å². The van der Waals surface area contributed by atoms with Gasteiger partial charge in [0.2, 0.25) is 10.0 Å². The van der Waals surface area contributed by atoms with Crippen molar-refractivity contribution >= 4 is 21.8 Å². The fourth-order valence-corrected chi connectivity index (χ4v) is 1.65. The SMILES string of the molecule is Cn1ccc(NS(=O)(=O)CC(=O)O)n1. The van der Waals surface area contributed by atoms with Crippen LogP contribution in [0.4, 0.5) is 5.82 Å². The topological polar surface area (TPSA) is 101 Å². The number of aliphatic carboxylic acids is 1. The van der Waals surface area contributed by atoms with E-state index in [4.69, 9.17) is 5.11 Å². The summed E-state index contributed by atoms with van der Waals surface area (Å²) in [5.74, 6) is -2.27. The molecule has 0 aliphatic rings. The minimum atomic E-state index is -3.85. The minimum Gasteiger partial charge on any atom is -0.480 e. The Labute approximate surface area is 80.4 Å². The number of carboxylic acids is 1. The number of anilines is 1. The molecule has 1 rings (SSSR count). The van der Waals surface area contributed by atoms with Crippen LogP contribution in [-0.4, -0.2) is 35.0 Å². The van der Waals surface area contributed by atoms with Crippen LogP contribution in [0.15, 0.2) is 12.3 Å². The van der Waals surface area contributed by atoms with Crippen LogP contribution in [0.1, 0.15) is 0 Å². The molecule has 1 heterocycles. The Kier molecular flexibility index (Phi) is 2.75. The lowest BCUT2D eigenvalue weighted by Crippen LogP contribution is -2.22. The van der Waals surface area contributed by atoms with Crippen molar-refractivity contribution in [3.05, 3.63) is 12.3 Å². The molecule has 0 aliphatic heterocycles. The van der Waals surface area contributed by atoms with Crippen molar-refractivity contribution in [1.82, 2.24) is 9.78 Å². The Hall–Kier alpha value is -1.57. The van der Waals surface area contributed by atoms with E-state index in [1.165, 1.54) is 10.7 Å². The first-order chi connectivity index (χ1) is 6.39. The third-order valence-corrected chi connectivity index (χ3v) is 2.43. The first-order valence-electron chi connectivity index (χ1n) is 3.61. The number of hydrogen-bond donors (Lipinski definition) is 2. The molecule has 7 nitrogen and oxygen atoms in total. The summed E-state index contributed by atoms with van der Waals surface area (Å²) in [6.45, 7) is 0. The zero-order chi connectivity index (χ0) is 10.8. The number of aryl methyl sites for hydroxylation is 1. The van der Waals surface area contributed by atoms with Crippen molar-refractivity contribution < 1.29 is 18.3 Å². The van der Waals surface area contributed by atoms with E-state index >= 15 is 0 Å². The second kappa shape index (κ2) is 3.66. The molecule has 1 aromatic rings. The lowest BCUT2D eigenvalue weighted by Gasteiger charge is -2.01. The van der Waals surface area contributed by atoms with Gasteiger partial charge < -0.3 is 5.11 Å². The third kappa shape index (κ3) is 3.05. The lowest BCUT2D eigenvalue weighted by molar-refractivity contribution is -0.134. The average Bonchev–Trinajstić information content (AvgIpc) is 2.30. The van der Waals surface area contributed by atoms with Crippen molar-refractivity contribution in [3.63, 3.8) is 0 Å². The van der Waals surface area contributed by atoms with Gasteiger partial charge in [0.1, 0.15) is 0 Å². The molecule has 0 amide bonds. The highest BCUT2D eigenvalue weighted by Crippen LogP contribution is 2.04. The van der Waals surface area contributed by atoms with Gasteiger partial charge in [-0.25, -0.2) is 8.42 Å². The second-order valence-corrected chi connectivity index (χ2v) is 4.35. The van der Waals surface area contributed by atoms with E-state index in [0.29, 0.717) is 0 Å². The smallest absolute Gasteiger partial charge is 0.320 e. The third-order valence-electron chi connectivity index (χ3n) is 1.29. The van der Waals surface area contributed by atoms with Crippen LogP contribution in [0, 0.1) is 0 Å². The fourth-order valence-electron chi connectivity index (χ4n) is 0.827. The quantitative estimate of drug-likeness (QED) is 0.693. The Morgan fingerprint density at radius 2 is 2.36 bits per heavy atom. The van der Waals surface area contributed by atoms with Gasteiger partial charge in [-0.15, -0.1) is 0 Å². The summed E-state index contributed by atoms with van der Waals surface area (Å²) >= 11 is 0. The zero-order valence-corrected chi connectivity index (χ0v) is 8.15. The zero-order valence-electron chi connectivity index (χ0n) is 7.34. The molecular weight excluding hydrogens is 210 g/mol. The van der Waals surface area contributed by atoms with Crippen LogP contribution in [-0.2, 0) is 21.9 Å². The van der Waals surface area contributed by atoms with Gasteiger partial charge in [0.05, 0.1) is 0 Å². The highest BCUT2D eigenvalue weighted by Gasteiger charge is 2.16. The van der Waals surface area contributed by atoms with E-state index in [-0.39, 0.29) is 5.82 Å². The van der Waals surface area contributed by atoms with Gasteiger partial charge in [-0.2, -0.15) is 5.10 Å². The summed E-state index contributed by atoms with van der Waals surface area (Å²) in [6.07, 6.45) is 1.54. The van der Waals surface area contributed by atoms with Gasteiger partial charge in [-0.05, 0) is 0 Å². The molecule has 0 bridgehead atoms. The van der Waals surface area contributed by atoms with Gasteiger partial charge in [-0.1, -0.05) is 0 Å².